The first-order chi connectivity index (χ1) is 10.7. The van der Waals surface area contributed by atoms with Crippen LogP contribution in [0.5, 0.6) is 0 Å². The highest BCUT2D eigenvalue weighted by atomic mass is 16.1. The van der Waals surface area contributed by atoms with Crippen molar-refractivity contribution >= 4 is 11.5 Å². The third kappa shape index (κ3) is 3.36. The molecule has 1 atom stereocenters. The Morgan fingerprint density at radius 3 is 3.23 bits per heavy atom. The predicted octanol–water partition coefficient (Wildman–Crippen LogP) is 2.10. The molecule has 0 saturated heterocycles. The third-order valence-electron chi connectivity index (χ3n) is 4.10. The van der Waals surface area contributed by atoms with Gasteiger partial charge in [0.15, 0.2) is 5.78 Å². The minimum Gasteiger partial charge on any atom is -0.384 e. The van der Waals surface area contributed by atoms with E-state index >= 15 is 0 Å². The molecular weight excluding hydrogens is 276 g/mol. The molecule has 0 fully saturated rings. The second kappa shape index (κ2) is 6.75. The number of hydrogen-bond donors (Lipinski definition) is 2. The fourth-order valence-corrected chi connectivity index (χ4v) is 2.80. The highest BCUT2D eigenvalue weighted by molar-refractivity contribution is 6.00. The zero-order valence-electron chi connectivity index (χ0n) is 12.9. The van der Waals surface area contributed by atoms with Crippen LogP contribution in [0.1, 0.15) is 29.3 Å². The standard InChI is InChI=1S/C17H22N4O/c1-13(19-6-2-9-21-10-8-18-12-21)17(22)15-3-4-16-14(11-15)5-7-20-16/h3-4,8,10-13,19-20H,2,5-7,9H2,1H3. The van der Waals surface area contributed by atoms with Gasteiger partial charge in [0.05, 0.1) is 12.4 Å². The molecule has 0 aliphatic carbocycles. The van der Waals surface area contributed by atoms with Gasteiger partial charge in [0.1, 0.15) is 0 Å². The Hall–Kier alpha value is -2.14. The van der Waals surface area contributed by atoms with E-state index in [1.54, 1.807) is 6.20 Å². The molecule has 1 aliphatic rings. The van der Waals surface area contributed by atoms with Gasteiger partial charge in [-0.15, -0.1) is 0 Å². The third-order valence-corrected chi connectivity index (χ3v) is 4.10. The number of hydrogen-bond acceptors (Lipinski definition) is 4. The molecule has 2 N–H and O–H groups in total. The van der Waals surface area contributed by atoms with E-state index in [9.17, 15) is 4.79 Å². The molecule has 2 aromatic rings. The molecule has 5 heteroatoms. The van der Waals surface area contributed by atoms with E-state index < -0.39 is 0 Å². The van der Waals surface area contributed by atoms with Gasteiger partial charge in [-0.05, 0) is 50.1 Å². The van der Waals surface area contributed by atoms with Crippen LogP contribution in [-0.2, 0) is 13.0 Å². The average molecular weight is 298 g/mol. The Morgan fingerprint density at radius 2 is 2.41 bits per heavy atom. The largest absolute Gasteiger partial charge is 0.384 e. The van der Waals surface area contributed by atoms with Crippen LogP contribution >= 0.6 is 0 Å². The van der Waals surface area contributed by atoms with Crippen molar-refractivity contribution in [3.05, 3.63) is 48.0 Å². The Morgan fingerprint density at radius 1 is 1.50 bits per heavy atom. The van der Waals surface area contributed by atoms with Crippen molar-refractivity contribution in [3.8, 4) is 0 Å². The number of nitrogens with one attached hydrogen (secondary N) is 2. The van der Waals surface area contributed by atoms with Crippen LogP contribution in [0, 0.1) is 0 Å². The van der Waals surface area contributed by atoms with Gasteiger partial charge >= 0.3 is 0 Å². The Balaban J connectivity index is 1.49. The van der Waals surface area contributed by atoms with E-state index in [2.05, 4.69) is 15.6 Å². The second-order valence-corrected chi connectivity index (χ2v) is 5.74. The topological polar surface area (TPSA) is 59.0 Å². The first-order valence-corrected chi connectivity index (χ1v) is 7.84. The van der Waals surface area contributed by atoms with E-state index in [0.717, 1.165) is 43.7 Å². The van der Waals surface area contributed by atoms with Crippen LogP contribution in [-0.4, -0.2) is 34.5 Å². The first-order valence-electron chi connectivity index (χ1n) is 7.84. The maximum Gasteiger partial charge on any atom is 0.179 e. The summed E-state index contributed by atoms with van der Waals surface area (Å²) in [5, 5.41) is 6.63. The zero-order chi connectivity index (χ0) is 15.4. The molecule has 22 heavy (non-hydrogen) atoms. The number of carbonyl (C=O) groups is 1. The fourth-order valence-electron chi connectivity index (χ4n) is 2.80. The highest BCUT2D eigenvalue weighted by Gasteiger charge is 2.17. The van der Waals surface area contributed by atoms with Crippen molar-refractivity contribution < 1.29 is 4.79 Å². The SMILES string of the molecule is CC(NCCCn1ccnc1)C(=O)c1ccc2c(c1)CCN2. The average Bonchev–Trinajstić information content (AvgIpc) is 3.20. The minimum atomic E-state index is -0.157. The molecule has 0 amide bonds. The lowest BCUT2D eigenvalue weighted by molar-refractivity contribution is 0.0951. The summed E-state index contributed by atoms with van der Waals surface area (Å²) in [4.78, 5) is 16.5. The Kier molecular flexibility index (Phi) is 4.53. The molecule has 0 bridgehead atoms. The number of nitrogens with zero attached hydrogens (tertiary/aromatic N) is 2. The molecule has 5 nitrogen and oxygen atoms in total. The summed E-state index contributed by atoms with van der Waals surface area (Å²) in [6.45, 7) is 4.63. The van der Waals surface area contributed by atoms with Gasteiger partial charge in [-0.3, -0.25) is 4.79 Å². The van der Waals surface area contributed by atoms with Crippen LogP contribution in [0.4, 0.5) is 5.69 Å². The summed E-state index contributed by atoms with van der Waals surface area (Å²) in [6, 6.07) is 5.81. The van der Waals surface area contributed by atoms with Gasteiger partial charge in [-0.1, -0.05) is 0 Å². The van der Waals surface area contributed by atoms with Crippen LogP contribution in [0.3, 0.4) is 0 Å². The summed E-state index contributed by atoms with van der Waals surface area (Å²) in [5.41, 5.74) is 3.22. The number of benzene rings is 1. The molecule has 0 saturated carbocycles. The van der Waals surface area contributed by atoms with Crippen molar-refractivity contribution in [3.63, 3.8) is 0 Å². The molecule has 2 heterocycles. The first kappa shape index (κ1) is 14.8. The molecular formula is C17H22N4O. The zero-order valence-corrected chi connectivity index (χ0v) is 12.9. The van der Waals surface area contributed by atoms with Gasteiger partial charge < -0.3 is 15.2 Å². The quantitative estimate of drug-likeness (QED) is 0.607. The number of fused-ring (bicyclic) bond motifs is 1. The highest BCUT2D eigenvalue weighted by Crippen LogP contribution is 2.23. The number of Topliss-reactive ketones (excluding diaryl/α,β-unsaturated/α-hetero) is 1. The lowest BCUT2D eigenvalue weighted by Crippen LogP contribution is -2.35. The monoisotopic (exact) mass is 298 g/mol. The van der Waals surface area contributed by atoms with E-state index in [4.69, 9.17) is 0 Å². The maximum atomic E-state index is 12.5. The van der Waals surface area contributed by atoms with Crippen molar-refractivity contribution in [2.45, 2.75) is 32.4 Å². The van der Waals surface area contributed by atoms with E-state index in [0.29, 0.717) is 0 Å². The van der Waals surface area contributed by atoms with Crippen molar-refractivity contribution in [1.29, 1.82) is 0 Å². The number of imidazole rings is 1. The second-order valence-electron chi connectivity index (χ2n) is 5.74. The van der Waals surface area contributed by atoms with Gasteiger partial charge in [-0.2, -0.15) is 0 Å². The van der Waals surface area contributed by atoms with E-state index in [1.165, 1.54) is 5.56 Å². The fraction of sp³-hybridized carbons (Fsp3) is 0.412. The summed E-state index contributed by atoms with van der Waals surface area (Å²) < 4.78 is 2.04. The number of anilines is 1. The number of ketones is 1. The lowest BCUT2D eigenvalue weighted by Gasteiger charge is -2.13. The van der Waals surface area contributed by atoms with Gasteiger partial charge in [0, 0.05) is 36.7 Å². The predicted molar refractivity (Wildman–Crippen MR) is 87.3 cm³/mol. The van der Waals surface area contributed by atoms with Crippen LogP contribution < -0.4 is 10.6 Å². The molecule has 1 aliphatic heterocycles. The van der Waals surface area contributed by atoms with Crippen LogP contribution in [0.2, 0.25) is 0 Å². The van der Waals surface area contributed by atoms with Gasteiger partial charge in [-0.25, -0.2) is 4.98 Å². The summed E-state index contributed by atoms with van der Waals surface area (Å²) in [5.74, 6) is 0.164. The molecule has 1 aromatic heterocycles. The van der Waals surface area contributed by atoms with E-state index in [-0.39, 0.29) is 11.8 Å². The summed E-state index contributed by atoms with van der Waals surface area (Å²) in [6.07, 6.45) is 7.52. The molecule has 1 aromatic carbocycles. The smallest absolute Gasteiger partial charge is 0.179 e. The van der Waals surface area contributed by atoms with Crippen molar-refractivity contribution in [1.82, 2.24) is 14.9 Å². The van der Waals surface area contributed by atoms with Gasteiger partial charge in [0.25, 0.3) is 0 Å². The van der Waals surface area contributed by atoms with Crippen LogP contribution in [0.15, 0.2) is 36.9 Å². The van der Waals surface area contributed by atoms with Crippen molar-refractivity contribution in [2.24, 2.45) is 0 Å². The Labute approximate surface area is 130 Å². The normalized spacial score (nSPS) is 14.4. The summed E-state index contributed by atoms with van der Waals surface area (Å²) in [7, 11) is 0. The molecule has 0 radical (unpaired) electrons. The molecule has 0 spiro atoms. The van der Waals surface area contributed by atoms with E-state index in [1.807, 2.05) is 42.2 Å². The van der Waals surface area contributed by atoms with Gasteiger partial charge in [0.2, 0.25) is 0 Å². The number of rotatable bonds is 7. The molecule has 3 rings (SSSR count). The maximum absolute atomic E-state index is 12.5. The van der Waals surface area contributed by atoms with Crippen LogP contribution in [0.25, 0.3) is 0 Å². The summed E-state index contributed by atoms with van der Waals surface area (Å²) >= 11 is 0. The number of aryl methyl sites for hydroxylation is 1. The molecule has 116 valence electrons. The van der Waals surface area contributed by atoms with Crippen molar-refractivity contribution in [2.75, 3.05) is 18.4 Å². The number of carbonyl (C=O) groups excluding carboxylic acids is 1. The lowest BCUT2D eigenvalue weighted by atomic mass is 10.0. The minimum absolute atomic E-state index is 0.157. The molecule has 1 unspecified atom stereocenters. The Bertz CT molecular complexity index is 636. The number of aromatic nitrogens is 2.